The number of thiazole rings is 1. The van der Waals surface area contributed by atoms with Gasteiger partial charge in [-0.3, -0.25) is 4.79 Å². The molecule has 0 saturated heterocycles. The molecular formula is C25H23N3O3S. The Morgan fingerprint density at radius 3 is 2.56 bits per heavy atom. The number of hydrogen-bond acceptors (Lipinski definition) is 5. The van der Waals surface area contributed by atoms with E-state index in [0.29, 0.717) is 5.69 Å². The number of rotatable bonds is 7. The summed E-state index contributed by atoms with van der Waals surface area (Å²) in [6, 6.07) is 23.2. The van der Waals surface area contributed by atoms with Gasteiger partial charge in [0, 0.05) is 24.2 Å². The summed E-state index contributed by atoms with van der Waals surface area (Å²) >= 11 is 1.65. The van der Waals surface area contributed by atoms with Crippen molar-refractivity contribution in [2.75, 3.05) is 11.9 Å². The molecule has 0 aliphatic carbocycles. The van der Waals surface area contributed by atoms with Crippen molar-refractivity contribution in [1.82, 2.24) is 10.3 Å². The lowest BCUT2D eigenvalue weighted by Crippen LogP contribution is -2.28. The molecule has 3 aromatic carbocycles. The largest absolute Gasteiger partial charge is 0.445 e. The maximum absolute atomic E-state index is 12.2. The van der Waals surface area contributed by atoms with Crippen LogP contribution in [-0.4, -0.2) is 23.5 Å². The zero-order valence-electron chi connectivity index (χ0n) is 17.6. The van der Waals surface area contributed by atoms with Crippen molar-refractivity contribution in [3.63, 3.8) is 0 Å². The smallest absolute Gasteiger partial charge is 0.407 e. The average Bonchev–Trinajstić information content (AvgIpc) is 3.22. The predicted octanol–water partition coefficient (Wildman–Crippen LogP) is 5.53. The Balaban J connectivity index is 1.23. The number of fused-ring (bicyclic) bond motifs is 1. The monoisotopic (exact) mass is 445 g/mol. The summed E-state index contributed by atoms with van der Waals surface area (Å²) in [5.74, 6) is -0.184. The van der Waals surface area contributed by atoms with Gasteiger partial charge in [-0.2, -0.15) is 0 Å². The lowest BCUT2D eigenvalue weighted by molar-refractivity contribution is -0.116. The second-order valence-electron chi connectivity index (χ2n) is 7.35. The van der Waals surface area contributed by atoms with Crippen molar-refractivity contribution >= 4 is 39.2 Å². The second-order valence-corrected chi connectivity index (χ2v) is 8.38. The quantitative estimate of drug-likeness (QED) is 0.392. The number of amides is 2. The number of carbonyl (C=O) groups is 2. The summed E-state index contributed by atoms with van der Waals surface area (Å²) < 4.78 is 6.28. The summed E-state index contributed by atoms with van der Waals surface area (Å²) in [4.78, 5) is 28.6. The number of benzene rings is 3. The molecule has 0 aliphatic rings. The van der Waals surface area contributed by atoms with Crippen LogP contribution in [0.25, 0.3) is 20.8 Å². The minimum Gasteiger partial charge on any atom is -0.445 e. The molecule has 0 fully saturated rings. The van der Waals surface area contributed by atoms with Gasteiger partial charge in [0.05, 0.1) is 10.2 Å². The molecule has 0 radical (unpaired) electrons. The number of aryl methyl sites for hydroxylation is 1. The van der Waals surface area contributed by atoms with E-state index in [4.69, 9.17) is 4.74 Å². The highest BCUT2D eigenvalue weighted by Gasteiger charge is 2.09. The molecule has 6 nitrogen and oxygen atoms in total. The SMILES string of the molecule is Cc1ccc2nc(-c3ccc(NC(=O)CCNC(=O)OCc4ccccc4)cc3)sc2c1. The third-order valence-corrected chi connectivity index (χ3v) is 5.86. The van der Waals surface area contributed by atoms with Crippen LogP contribution >= 0.6 is 11.3 Å². The van der Waals surface area contributed by atoms with Gasteiger partial charge in [0.2, 0.25) is 5.91 Å². The number of ether oxygens (including phenoxy) is 1. The van der Waals surface area contributed by atoms with E-state index in [2.05, 4.69) is 34.7 Å². The van der Waals surface area contributed by atoms with Crippen molar-refractivity contribution < 1.29 is 14.3 Å². The fourth-order valence-electron chi connectivity index (χ4n) is 3.13. The van der Waals surface area contributed by atoms with E-state index >= 15 is 0 Å². The van der Waals surface area contributed by atoms with Gasteiger partial charge < -0.3 is 15.4 Å². The van der Waals surface area contributed by atoms with Crippen molar-refractivity contribution in [1.29, 1.82) is 0 Å². The fourth-order valence-corrected chi connectivity index (χ4v) is 4.20. The van der Waals surface area contributed by atoms with Gasteiger partial charge in [0.15, 0.2) is 0 Å². The summed E-state index contributed by atoms with van der Waals surface area (Å²) in [5, 5.41) is 6.37. The molecule has 0 aliphatic heterocycles. The minimum atomic E-state index is -0.544. The maximum atomic E-state index is 12.2. The van der Waals surface area contributed by atoms with Crippen molar-refractivity contribution in [3.05, 3.63) is 83.9 Å². The summed E-state index contributed by atoms with van der Waals surface area (Å²) in [7, 11) is 0. The van der Waals surface area contributed by atoms with Gasteiger partial charge in [-0.05, 0) is 54.4 Å². The first kappa shape index (κ1) is 21.5. The minimum absolute atomic E-state index is 0.152. The van der Waals surface area contributed by atoms with Crippen LogP contribution in [-0.2, 0) is 16.1 Å². The van der Waals surface area contributed by atoms with Crippen LogP contribution < -0.4 is 10.6 Å². The molecule has 0 atom stereocenters. The van der Waals surface area contributed by atoms with Crippen LogP contribution in [0.15, 0.2) is 72.8 Å². The standard InChI is InChI=1S/C25H23N3O3S/c1-17-7-12-21-22(15-17)32-24(28-21)19-8-10-20(11-9-19)27-23(29)13-14-26-25(30)31-16-18-5-3-2-4-6-18/h2-12,15H,13-14,16H2,1H3,(H,26,30)(H,27,29). The first-order valence-electron chi connectivity index (χ1n) is 10.3. The molecule has 1 heterocycles. The lowest BCUT2D eigenvalue weighted by Gasteiger charge is -2.08. The summed E-state index contributed by atoms with van der Waals surface area (Å²) in [5.41, 5.74) is 4.81. The van der Waals surface area contributed by atoms with Crippen molar-refractivity contribution in [2.45, 2.75) is 20.0 Å². The van der Waals surface area contributed by atoms with E-state index in [1.54, 1.807) is 11.3 Å². The average molecular weight is 446 g/mol. The van der Waals surface area contributed by atoms with Crippen LogP contribution in [0.2, 0.25) is 0 Å². The Morgan fingerprint density at radius 1 is 1.00 bits per heavy atom. The number of nitrogens with zero attached hydrogens (tertiary/aromatic N) is 1. The van der Waals surface area contributed by atoms with Gasteiger partial charge in [0.1, 0.15) is 11.6 Å². The van der Waals surface area contributed by atoms with Gasteiger partial charge in [-0.25, -0.2) is 9.78 Å². The predicted molar refractivity (Wildman–Crippen MR) is 128 cm³/mol. The normalized spacial score (nSPS) is 10.7. The molecule has 0 spiro atoms. The van der Waals surface area contributed by atoms with Gasteiger partial charge in [0.25, 0.3) is 0 Å². The lowest BCUT2D eigenvalue weighted by atomic mass is 10.2. The van der Waals surface area contributed by atoms with Crippen LogP contribution in [0.5, 0.6) is 0 Å². The number of hydrogen-bond donors (Lipinski definition) is 2. The molecule has 162 valence electrons. The Labute approximate surface area is 190 Å². The summed E-state index contributed by atoms with van der Waals surface area (Å²) in [6.45, 7) is 2.46. The first-order valence-corrected chi connectivity index (χ1v) is 11.1. The highest BCUT2D eigenvalue weighted by Crippen LogP contribution is 2.31. The molecule has 2 N–H and O–H groups in total. The van der Waals surface area contributed by atoms with Crippen molar-refractivity contribution in [3.8, 4) is 10.6 Å². The maximum Gasteiger partial charge on any atom is 0.407 e. The first-order chi connectivity index (χ1) is 15.6. The Morgan fingerprint density at radius 2 is 1.78 bits per heavy atom. The second kappa shape index (κ2) is 10.1. The van der Waals surface area contributed by atoms with Gasteiger partial charge in [-0.1, -0.05) is 36.4 Å². The molecule has 4 rings (SSSR count). The number of anilines is 1. The van der Waals surface area contributed by atoms with Gasteiger partial charge >= 0.3 is 6.09 Å². The Hall–Kier alpha value is -3.71. The van der Waals surface area contributed by atoms with Gasteiger partial charge in [-0.15, -0.1) is 11.3 Å². The highest BCUT2D eigenvalue weighted by atomic mass is 32.1. The molecule has 2 amide bonds. The molecule has 0 saturated carbocycles. The zero-order valence-corrected chi connectivity index (χ0v) is 18.4. The third kappa shape index (κ3) is 5.70. The number of aromatic nitrogens is 1. The highest BCUT2D eigenvalue weighted by molar-refractivity contribution is 7.21. The van der Waals surface area contributed by atoms with E-state index in [9.17, 15) is 9.59 Å². The van der Waals surface area contributed by atoms with E-state index in [1.165, 1.54) is 5.56 Å². The van der Waals surface area contributed by atoms with Crippen LogP contribution in [0.3, 0.4) is 0 Å². The molecule has 0 unspecified atom stereocenters. The molecule has 32 heavy (non-hydrogen) atoms. The summed E-state index contributed by atoms with van der Waals surface area (Å²) in [6.07, 6.45) is -0.392. The molecular weight excluding hydrogens is 422 g/mol. The Kier molecular flexibility index (Phi) is 6.77. The topological polar surface area (TPSA) is 80.3 Å². The van der Waals surface area contributed by atoms with E-state index in [1.807, 2.05) is 60.7 Å². The molecule has 0 bridgehead atoms. The van der Waals surface area contributed by atoms with Crippen LogP contribution in [0.4, 0.5) is 10.5 Å². The zero-order chi connectivity index (χ0) is 22.3. The van der Waals surface area contributed by atoms with E-state index in [0.717, 1.165) is 26.4 Å². The van der Waals surface area contributed by atoms with Crippen LogP contribution in [0.1, 0.15) is 17.5 Å². The number of nitrogens with one attached hydrogen (secondary N) is 2. The van der Waals surface area contributed by atoms with E-state index in [-0.39, 0.29) is 25.5 Å². The van der Waals surface area contributed by atoms with Crippen LogP contribution in [0, 0.1) is 6.92 Å². The third-order valence-electron chi connectivity index (χ3n) is 4.79. The molecule has 4 aromatic rings. The molecule has 7 heteroatoms. The fraction of sp³-hybridized carbons (Fsp3) is 0.160. The number of carbonyl (C=O) groups excluding carboxylic acids is 2. The van der Waals surface area contributed by atoms with E-state index < -0.39 is 6.09 Å². The molecule has 1 aromatic heterocycles. The Bertz CT molecular complexity index is 1220. The number of alkyl carbamates (subject to hydrolysis) is 1. The van der Waals surface area contributed by atoms with Crippen molar-refractivity contribution in [2.24, 2.45) is 0 Å².